The number of nitrogens with zero attached hydrogens (tertiary/aromatic N) is 3. The molecule has 0 aliphatic carbocycles. The van der Waals surface area contributed by atoms with Crippen LogP contribution >= 0.6 is 0 Å². The summed E-state index contributed by atoms with van der Waals surface area (Å²) in [5.74, 6) is -0.525. The molecule has 5 heteroatoms. The number of amides is 2. The van der Waals surface area contributed by atoms with Crippen LogP contribution < -0.4 is 4.90 Å². The van der Waals surface area contributed by atoms with Gasteiger partial charge in [-0.25, -0.2) is 4.90 Å². The molecule has 0 radical (unpaired) electrons. The van der Waals surface area contributed by atoms with Crippen molar-refractivity contribution >= 4 is 23.1 Å². The minimum Gasteiger partial charge on any atom is -0.374 e. The van der Waals surface area contributed by atoms with Gasteiger partial charge in [0.1, 0.15) is 0 Å². The lowest BCUT2D eigenvalue weighted by Crippen LogP contribution is -2.45. The molecule has 2 heterocycles. The smallest absolute Gasteiger partial charge is 0.267 e. The average Bonchev–Trinajstić information content (AvgIpc) is 2.73. The van der Waals surface area contributed by atoms with Crippen molar-refractivity contribution in [3.63, 3.8) is 0 Å². The zero-order valence-corrected chi connectivity index (χ0v) is 16.4. The molecule has 0 aromatic heterocycles. The summed E-state index contributed by atoms with van der Waals surface area (Å²) in [7, 11) is 0. The molecule has 0 bridgehead atoms. The van der Waals surface area contributed by atoms with Crippen molar-refractivity contribution in [2.24, 2.45) is 0 Å². The van der Waals surface area contributed by atoms with Crippen LogP contribution in [0, 0.1) is 6.92 Å². The SMILES string of the molecule is CCN1CCN(C=C2C(=O)N(c3ccc(C)cc3)C(=O)c3ccccc32)CC1. The van der Waals surface area contributed by atoms with Crippen molar-refractivity contribution in [3.8, 4) is 0 Å². The number of imide groups is 1. The summed E-state index contributed by atoms with van der Waals surface area (Å²) in [6.45, 7) is 8.92. The topological polar surface area (TPSA) is 43.9 Å². The maximum atomic E-state index is 13.4. The molecule has 0 unspecified atom stereocenters. The molecular weight excluding hydrogens is 350 g/mol. The van der Waals surface area contributed by atoms with Crippen molar-refractivity contribution in [2.45, 2.75) is 13.8 Å². The number of carbonyl (C=O) groups excluding carboxylic acids is 2. The summed E-state index contributed by atoms with van der Waals surface area (Å²) in [5, 5.41) is 0. The van der Waals surface area contributed by atoms with Crippen LogP contribution in [0.4, 0.5) is 5.69 Å². The first kappa shape index (κ1) is 18.4. The first-order valence-corrected chi connectivity index (χ1v) is 9.81. The molecule has 0 atom stereocenters. The Bertz CT molecular complexity index is 925. The Hall–Kier alpha value is -2.92. The molecule has 1 fully saturated rings. The van der Waals surface area contributed by atoms with Gasteiger partial charge in [-0.15, -0.1) is 0 Å². The van der Waals surface area contributed by atoms with Crippen molar-refractivity contribution in [2.75, 3.05) is 37.6 Å². The highest BCUT2D eigenvalue weighted by Gasteiger charge is 2.36. The molecule has 2 amide bonds. The first-order valence-electron chi connectivity index (χ1n) is 9.81. The number of hydrogen-bond acceptors (Lipinski definition) is 4. The van der Waals surface area contributed by atoms with E-state index < -0.39 is 0 Å². The van der Waals surface area contributed by atoms with Gasteiger partial charge in [-0.3, -0.25) is 9.59 Å². The molecule has 2 aromatic rings. The predicted molar refractivity (Wildman–Crippen MR) is 111 cm³/mol. The fraction of sp³-hybridized carbons (Fsp3) is 0.304. The fourth-order valence-electron chi connectivity index (χ4n) is 3.80. The van der Waals surface area contributed by atoms with Gasteiger partial charge in [0, 0.05) is 43.5 Å². The van der Waals surface area contributed by atoms with Crippen molar-refractivity contribution in [1.82, 2.24) is 9.80 Å². The average molecular weight is 375 g/mol. The molecule has 0 saturated carbocycles. The molecular formula is C23H25N3O2. The Morgan fingerprint density at radius 1 is 0.857 bits per heavy atom. The zero-order valence-electron chi connectivity index (χ0n) is 16.4. The monoisotopic (exact) mass is 375 g/mol. The highest BCUT2D eigenvalue weighted by molar-refractivity contribution is 6.41. The summed E-state index contributed by atoms with van der Waals surface area (Å²) in [6, 6.07) is 14.9. The number of carbonyl (C=O) groups is 2. The lowest BCUT2D eigenvalue weighted by Gasteiger charge is -2.35. The Morgan fingerprint density at radius 3 is 2.14 bits per heavy atom. The number of anilines is 1. The third kappa shape index (κ3) is 3.34. The van der Waals surface area contributed by atoms with Crippen LogP contribution in [0.25, 0.3) is 5.57 Å². The van der Waals surface area contributed by atoms with Gasteiger partial charge in [0.15, 0.2) is 0 Å². The maximum Gasteiger partial charge on any atom is 0.267 e. The van der Waals surface area contributed by atoms with Crippen molar-refractivity contribution in [1.29, 1.82) is 0 Å². The molecule has 0 spiro atoms. The van der Waals surface area contributed by atoms with Gasteiger partial charge in [-0.2, -0.15) is 0 Å². The van der Waals surface area contributed by atoms with Crippen LogP contribution in [0.15, 0.2) is 54.7 Å². The van der Waals surface area contributed by atoms with E-state index in [4.69, 9.17) is 0 Å². The molecule has 0 N–H and O–H groups in total. The van der Waals surface area contributed by atoms with Gasteiger partial charge in [-0.05, 0) is 31.7 Å². The number of hydrogen-bond donors (Lipinski definition) is 0. The Morgan fingerprint density at radius 2 is 1.50 bits per heavy atom. The van der Waals surface area contributed by atoms with E-state index in [2.05, 4.69) is 16.7 Å². The molecule has 2 aliphatic heterocycles. The first-order chi connectivity index (χ1) is 13.6. The van der Waals surface area contributed by atoms with Gasteiger partial charge in [0.05, 0.1) is 11.3 Å². The van der Waals surface area contributed by atoms with Gasteiger partial charge in [0.2, 0.25) is 0 Å². The molecule has 1 saturated heterocycles. The fourth-order valence-corrected chi connectivity index (χ4v) is 3.80. The van der Waals surface area contributed by atoms with Crippen LogP contribution in [-0.4, -0.2) is 54.3 Å². The van der Waals surface area contributed by atoms with E-state index in [1.807, 2.05) is 55.6 Å². The number of fused-ring (bicyclic) bond motifs is 1. The lowest BCUT2D eigenvalue weighted by atomic mass is 9.93. The molecule has 2 aromatic carbocycles. The minimum absolute atomic E-state index is 0.259. The molecule has 28 heavy (non-hydrogen) atoms. The van der Waals surface area contributed by atoms with E-state index in [0.717, 1.165) is 43.9 Å². The molecule has 144 valence electrons. The quantitative estimate of drug-likeness (QED) is 0.611. The van der Waals surface area contributed by atoms with Gasteiger partial charge < -0.3 is 9.80 Å². The van der Waals surface area contributed by atoms with Crippen LogP contribution in [0.5, 0.6) is 0 Å². The van der Waals surface area contributed by atoms with Crippen LogP contribution in [0.2, 0.25) is 0 Å². The summed E-state index contributed by atoms with van der Waals surface area (Å²) in [5.41, 5.74) is 3.57. The highest BCUT2D eigenvalue weighted by atomic mass is 16.2. The Balaban J connectivity index is 1.74. The van der Waals surface area contributed by atoms with Crippen LogP contribution in [0.3, 0.4) is 0 Å². The summed E-state index contributed by atoms with van der Waals surface area (Å²) in [6.07, 6.45) is 1.95. The highest BCUT2D eigenvalue weighted by Crippen LogP contribution is 2.32. The summed E-state index contributed by atoms with van der Waals surface area (Å²) in [4.78, 5) is 32.4. The van der Waals surface area contributed by atoms with Crippen molar-refractivity contribution in [3.05, 3.63) is 71.4 Å². The largest absolute Gasteiger partial charge is 0.374 e. The van der Waals surface area contributed by atoms with E-state index >= 15 is 0 Å². The number of piperazine rings is 1. The molecule has 2 aliphatic rings. The third-order valence-corrected chi connectivity index (χ3v) is 5.54. The second-order valence-electron chi connectivity index (χ2n) is 7.34. The molecule has 4 rings (SSSR count). The zero-order chi connectivity index (χ0) is 19.7. The van der Waals surface area contributed by atoms with Gasteiger partial charge in [-0.1, -0.05) is 42.8 Å². The van der Waals surface area contributed by atoms with E-state index in [9.17, 15) is 9.59 Å². The Labute approximate surface area is 165 Å². The standard InChI is InChI=1S/C23H25N3O2/c1-3-24-12-14-25(15-13-24)16-21-19-6-4-5-7-20(19)22(27)26(23(21)28)18-10-8-17(2)9-11-18/h4-11,16H,3,12-15H2,1-2H3. The maximum absolute atomic E-state index is 13.4. The van der Waals surface area contributed by atoms with Crippen molar-refractivity contribution < 1.29 is 9.59 Å². The van der Waals surface area contributed by atoms with Gasteiger partial charge in [0.25, 0.3) is 11.8 Å². The van der Waals surface area contributed by atoms with E-state index in [1.54, 1.807) is 6.07 Å². The summed E-state index contributed by atoms with van der Waals surface area (Å²) < 4.78 is 0. The van der Waals surface area contributed by atoms with E-state index in [-0.39, 0.29) is 11.8 Å². The number of likely N-dealkylation sites (N-methyl/N-ethyl adjacent to an activating group) is 1. The third-order valence-electron chi connectivity index (χ3n) is 5.54. The minimum atomic E-state index is -0.266. The van der Waals surface area contributed by atoms with E-state index in [0.29, 0.717) is 16.8 Å². The van der Waals surface area contributed by atoms with Crippen LogP contribution in [-0.2, 0) is 4.79 Å². The normalized spacial score (nSPS) is 19.3. The van der Waals surface area contributed by atoms with Crippen LogP contribution in [0.1, 0.15) is 28.4 Å². The number of aryl methyl sites for hydroxylation is 1. The Kier molecular flexibility index (Phi) is 5.01. The second-order valence-corrected chi connectivity index (χ2v) is 7.34. The molecule has 5 nitrogen and oxygen atoms in total. The lowest BCUT2D eigenvalue weighted by molar-refractivity contribution is -0.112. The summed E-state index contributed by atoms with van der Waals surface area (Å²) >= 11 is 0. The number of rotatable bonds is 3. The number of benzene rings is 2. The van der Waals surface area contributed by atoms with Gasteiger partial charge >= 0.3 is 0 Å². The second kappa shape index (κ2) is 7.60. The van der Waals surface area contributed by atoms with E-state index in [1.165, 1.54) is 4.90 Å². The predicted octanol–water partition coefficient (Wildman–Crippen LogP) is 3.16.